The fourth-order valence-corrected chi connectivity index (χ4v) is 1.97. The minimum Gasteiger partial charge on any atom is -0.491 e. The van der Waals surface area contributed by atoms with Gasteiger partial charge < -0.3 is 20.9 Å². The molecule has 0 saturated carbocycles. The molecule has 2 aromatic rings. The zero-order chi connectivity index (χ0) is 15.9. The molecule has 1 aromatic heterocycles. The number of hydrogen-bond acceptors (Lipinski definition) is 5. The maximum absolute atomic E-state index is 12.3. The van der Waals surface area contributed by atoms with Gasteiger partial charge >= 0.3 is 0 Å². The molecule has 0 spiro atoms. The molecule has 1 heterocycles. The maximum Gasteiger partial charge on any atom is 0.255 e. The number of ether oxygens (including phenoxy) is 1. The van der Waals surface area contributed by atoms with E-state index in [9.17, 15) is 4.79 Å². The Hall–Kier alpha value is -1.86. The van der Waals surface area contributed by atoms with Crippen molar-refractivity contribution in [2.24, 2.45) is 5.73 Å². The fourth-order valence-electron chi connectivity index (χ4n) is 1.97. The Morgan fingerprint density at radius 2 is 1.96 bits per heavy atom. The quantitative estimate of drug-likeness (QED) is 0.722. The minimum atomic E-state index is -0.253. The third-order valence-electron chi connectivity index (χ3n) is 3.05. The number of halogens is 2. The SMILES string of the molecule is CC(N)c1ccc(C(=O)Nc2ccncc2)cc1OCCO.Cl.Cl. The van der Waals surface area contributed by atoms with Gasteiger partial charge in [-0.15, -0.1) is 24.8 Å². The third kappa shape index (κ3) is 5.98. The summed E-state index contributed by atoms with van der Waals surface area (Å²) >= 11 is 0. The molecule has 0 aliphatic rings. The first kappa shape index (κ1) is 22.1. The van der Waals surface area contributed by atoms with Crippen molar-refractivity contribution in [3.8, 4) is 5.75 Å². The molecular formula is C16H21Cl2N3O3. The standard InChI is InChI=1S/C16H19N3O3.2ClH/c1-11(17)14-3-2-12(10-15(14)22-9-8-20)16(21)19-13-4-6-18-7-5-13;;/h2-7,10-11,20H,8-9,17H2,1H3,(H,18,19,21);2*1H. The number of hydrogen-bond donors (Lipinski definition) is 3. The molecule has 132 valence electrons. The number of nitrogens with zero attached hydrogens (tertiary/aromatic N) is 1. The van der Waals surface area contributed by atoms with Crippen molar-refractivity contribution in [2.75, 3.05) is 18.5 Å². The third-order valence-corrected chi connectivity index (χ3v) is 3.05. The number of nitrogens with one attached hydrogen (secondary N) is 1. The smallest absolute Gasteiger partial charge is 0.255 e. The van der Waals surface area contributed by atoms with Crippen LogP contribution >= 0.6 is 24.8 Å². The monoisotopic (exact) mass is 373 g/mol. The van der Waals surface area contributed by atoms with Crippen molar-refractivity contribution in [3.05, 3.63) is 53.9 Å². The molecule has 1 aromatic carbocycles. The first-order chi connectivity index (χ1) is 10.6. The van der Waals surface area contributed by atoms with Gasteiger partial charge in [0.1, 0.15) is 12.4 Å². The number of carbonyl (C=O) groups excluding carboxylic acids is 1. The first-order valence-electron chi connectivity index (χ1n) is 6.96. The largest absolute Gasteiger partial charge is 0.491 e. The maximum atomic E-state index is 12.3. The van der Waals surface area contributed by atoms with Crippen molar-refractivity contribution in [3.63, 3.8) is 0 Å². The number of carbonyl (C=O) groups is 1. The molecule has 2 rings (SSSR count). The van der Waals surface area contributed by atoms with E-state index in [2.05, 4.69) is 10.3 Å². The van der Waals surface area contributed by atoms with Crippen molar-refractivity contribution >= 4 is 36.4 Å². The predicted molar refractivity (Wildman–Crippen MR) is 98.3 cm³/mol. The van der Waals surface area contributed by atoms with E-state index in [1.54, 1.807) is 42.7 Å². The van der Waals surface area contributed by atoms with Gasteiger partial charge in [0.2, 0.25) is 0 Å². The Morgan fingerprint density at radius 1 is 1.29 bits per heavy atom. The molecule has 0 aliphatic heterocycles. The summed E-state index contributed by atoms with van der Waals surface area (Å²) in [5.74, 6) is 0.253. The number of rotatable bonds is 6. The Morgan fingerprint density at radius 3 is 2.54 bits per heavy atom. The molecule has 0 bridgehead atoms. The molecule has 1 unspecified atom stereocenters. The normalized spacial score (nSPS) is 10.8. The lowest BCUT2D eigenvalue weighted by atomic mass is 10.0. The van der Waals surface area contributed by atoms with Gasteiger partial charge in [-0.2, -0.15) is 0 Å². The zero-order valence-electron chi connectivity index (χ0n) is 13.1. The summed E-state index contributed by atoms with van der Waals surface area (Å²) in [5.41, 5.74) is 7.79. The Bertz CT molecular complexity index is 640. The number of aliphatic hydroxyl groups is 1. The Labute approximate surface area is 153 Å². The van der Waals surface area contributed by atoms with Crippen LogP contribution in [0.5, 0.6) is 5.75 Å². The lowest BCUT2D eigenvalue weighted by Crippen LogP contribution is -2.14. The lowest BCUT2D eigenvalue weighted by Gasteiger charge is -2.15. The summed E-state index contributed by atoms with van der Waals surface area (Å²) < 4.78 is 5.47. The van der Waals surface area contributed by atoms with E-state index in [0.717, 1.165) is 5.56 Å². The summed E-state index contributed by atoms with van der Waals surface area (Å²) in [4.78, 5) is 16.1. The first-order valence-corrected chi connectivity index (χ1v) is 6.96. The van der Waals surface area contributed by atoms with Crippen LogP contribution in [0.4, 0.5) is 5.69 Å². The van der Waals surface area contributed by atoms with Crippen LogP contribution in [0.2, 0.25) is 0 Å². The van der Waals surface area contributed by atoms with Gasteiger partial charge in [-0.25, -0.2) is 0 Å². The number of amides is 1. The van der Waals surface area contributed by atoms with Crippen LogP contribution < -0.4 is 15.8 Å². The highest BCUT2D eigenvalue weighted by atomic mass is 35.5. The van der Waals surface area contributed by atoms with Gasteiger partial charge in [-0.3, -0.25) is 9.78 Å². The van der Waals surface area contributed by atoms with Crippen LogP contribution in [0.25, 0.3) is 0 Å². The van der Waals surface area contributed by atoms with Crippen molar-refractivity contribution in [1.82, 2.24) is 4.98 Å². The molecule has 0 fully saturated rings. The van der Waals surface area contributed by atoms with E-state index in [1.807, 2.05) is 6.92 Å². The van der Waals surface area contributed by atoms with E-state index < -0.39 is 0 Å². The second kappa shape index (κ2) is 10.8. The van der Waals surface area contributed by atoms with Crippen LogP contribution in [0.1, 0.15) is 28.9 Å². The summed E-state index contributed by atoms with van der Waals surface area (Å²) in [6.07, 6.45) is 3.20. The molecule has 1 atom stereocenters. The summed E-state index contributed by atoms with van der Waals surface area (Å²) in [7, 11) is 0. The van der Waals surface area contributed by atoms with Gasteiger partial charge in [-0.05, 0) is 31.2 Å². The topological polar surface area (TPSA) is 97.5 Å². The average molecular weight is 374 g/mol. The van der Waals surface area contributed by atoms with Crippen LogP contribution in [-0.4, -0.2) is 29.2 Å². The van der Waals surface area contributed by atoms with E-state index in [1.165, 1.54) is 0 Å². The molecule has 24 heavy (non-hydrogen) atoms. The average Bonchev–Trinajstić information content (AvgIpc) is 2.53. The number of nitrogens with two attached hydrogens (primary N) is 1. The van der Waals surface area contributed by atoms with Crippen molar-refractivity contribution < 1.29 is 14.6 Å². The summed E-state index contributed by atoms with van der Waals surface area (Å²) in [6, 6.07) is 8.27. The second-order valence-electron chi connectivity index (χ2n) is 4.80. The molecule has 0 radical (unpaired) electrons. The van der Waals surface area contributed by atoms with E-state index in [4.69, 9.17) is 15.6 Å². The predicted octanol–water partition coefficient (Wildman–Crippen LogP) is 2.57. The van der Waals surface area contributed by atoms with Gasteiger partial charge in [0.05, 0.1) is 6.61 Å². The van der Waals surface area contributed by atoms with Gasteiger partial charge in [0.25, 0.3) is 5.91 Å². The highest BCUT2D eigenvalue weighted by Crippen LogP contribution is 2.25. The van der Waals surface area contributed by atoms with E-state index in [0.29, 0.717) is 17.0 Å². The zero-order valence-corrected chi connectivity index (χ0v) is 14.8. The van der Waals surface area contributed by atoms with Gasteiger partial charge in [-0.1, -0.05) is 6.07 Å². The Kier molecular flexibility index (Phi) is 9.99. The fraction of sp³-hybridized carbons (Fsp3) is 0.250. The minimum absolute atomic E-state index is 0. The molecule has 6 nitrogen and oxygen atoms in total. The van der Waals surface area contributed by atoms with Gasteiger partial charge in [0, 0.05) is 35.2 Å². The van der Waals surface area contributed by atoms with Crippen molar-refractivity contribution in [1.29, 1.82) is 0 Å². The van der Waals surface area contributed by atoms with Gasteiger partial charge in [0.15, 0.2) is 0 Å². The van der Waals surface area contributed by atoms with Crippen molar-refractivity contribution in [2.45, 2.75) is 13.0 Å². The highest BCUT2D eigenvalue weighted by Gasteiger charge is 2.13. The number of anilines is 1. The molecule has 1 amide bonds. The molecular weight excluding hydrogens is 353 g/mol. The van der Waals surface area contributed by atoms with E-state index in [-0.39, 0.29) is 50.0 Å². The number of aliphatic hydroxyl groups excluding tert-OH is 1. The summed E-state index contributed by atoms with van der Waals surface area (Å²) in [6.45, 7) is 1.87. The lowest BCUT2D eigenvalue weighted by molar-refractivity contribution is 0.102. The highest BCUT2D eigenvalue weighted by molar-refractivity contribution is 6.04. The molecule has 4 N–H and O–H groups in total. The number of aromatic nitrogens is 1. The molecule has 8 heteroatoms. The van der Waals surface area contributed by atoms with E-state index >= 15 is 0 Å². The Balaban J connectivity index is 0.00000264. The molecule has 0 saturated heterocycles. The van der Waals surface area contributed by atoms with Crippen LogP contribution in [-0.2, 0) is 0 Å². The number of pyridine rings is 1. The van der Waals surface area contributed by atoms with Crippen LogP contribution in [0.3, 0.4) is 0 Å². The second-order valence-corrected chi connectivity index (χ2v) is 4.80. The van der Waals surface area contributed by atoms with Crippen LogP contribution in [0.15, 0.2) is 42.7 Å². The molecule has 0 aliphatic carbocycles. The summed E-state index contributed by atoms with van der Waals surface area (Å²) in [5, 5.41) is 11.7. The van der Waals surface area contributed by atoms with Crippen LogP contribution in [0, 0.1) is 0 Å². The number of benzene rings is 1.